The molecule has 3 heteroatoms. The first kappa shape index (κ1) is 9.74. The maximum atomic E-state index is 12.9. The van der Waals surface area contributed by atoms with Gasteiger partial charge in [-0.2, -0.15) is 0 Å². The van der Waals surface area contributed by atoms with Crippen LogP contribution in [0.2, 0.25) is 0 Å². The fraction of sp³-hybridized carbons (Fsp3) is 0.200. The van der Waals surface area contributed by atoms with Gasteiger partial charge >= 0.3 is 0 Å². The second-order valence-corrected chi connectivity index (χ2v) is 2.74. The fourth-order valence-corrected chi connectivity index (χ4v) is 0.960. The first-order chi connectivity index (χ1) is 6.24. The summed E-state index contributed by atoms with van der Waals surface area (Å²) in [4.78, 5) is 0. The van der Waals surface area contributed by atoms with E-state index in [9.17, 15) is 4.39 Å². The van der Waals surface area contributed by atoms with E-state index in [1.54, 1.807) is 12.1 Å². The topological polar surface area (TPSA) is 38.0 Å². The SMILES string of the molecule is CNCC=Cc1ccc(N)c(F)c1. The van der Waals surface area contributed by atoms with E-state index in [0.29, 0.717) is 0 Å². The standard InChI is InChI=1S/C10H13FN2/c1-13-6-2-3-8-4-5-10(12)9(11)7-8/h2-5,7,13H,6,12H2,1H3. The zero-order valence-electron chi connectivity index (χ0n) is 7.55. The normalized spacial score (nSPS) is 10.9. The zero-order chi connectivity index (χ0) is 9.68. The lowest BCUT2D eigenvalue weighted by molar-refractivity contribution is 0.632. The van der Waals surface area contributed by atoms with Crippen LogP contribution in [0.1, 0.15) is 5.56 Å². The van der Waals surface area contributed by atoms with Gasteiger partial charge in [-0.05, 0) is 24.7 Å². The number of hydrogen-bond acceptors (Lipinski definition) is 2. The Kier molecular flexibility index (Phi) is 3.46. The van der Waals surface area contributed by atoms with E-state index in [-0.39, 0.29) is 11.5 Å². The molecule has 0 aliphatic carbocycles. The summed E-state index contributed by atoms with van der Waals surface area (Å²) >= 11 is 0. The van der Waals surface area contributed by atoms with E-state index >= 15 is 0 Å². The Balaban J connectivity index is 2.73. The summed E-state index contributed by atoms with van der Waals surface area (Å²) in [6.45, 7) is 0.770. The lowest BCUT2D eigenvalue weighted by Crippen LogP contribution is -2.03. The van der Waals surface area contributed by atoms with Crippen LogP contribution >= 0.6 is 0 Å². The number of halogens is 1. The number of rotatable bonds is 3. The molecule has 0 atom stereocenters. The van der Waals surface area contributed by atoms with Crippen LogP contribution in [-0.4, -0.2) is 13.6 Å². The van der Waals surface area contributed by atoms with Gasteiger partial charge in [-0.1, -0.05) is 18.2 Å². The molecule has 0 heterocycles. The van der Waals surface area contributed by atoms with E-state index in [1.165, 1.54) is 6.07 Å². The van der Waals surface area contributed by atoms with E-state index in [2.05, 4.69) is 5.32 Å². The minimum atomic E-state index is -0.369. The molecule has 0 unspecified atom stereocenters. The highest BCUT2D eigenvalue weighted by atomic mass is 19.1. The van der Waals surface area contributed by atoms with Crippen molar-refractivity contribution < 1.29 is 4.39 Å². The number of nitrogen functional groups attached to an aromatic ring is 1. The third-order valence-corrected chi connectivity index (χ3v) is 1.66. The molecule has 1 rings (SSSR count). The Hall–Kier alpha value is -1.35. The Bertz CT molecular complexity index is 308. The highest BCUT2D eigenvalue weighted by Crippen LogP contribution is 2.12. The van der Waals surface area contributed by atoms with Crippen molar-refractivity contribution in [3.05, 3.63) is 35.7 Å². The lowest BCUT2D eigenvalue weighted by Gasteiger charge is -1.97. The number of nitrogens with two attached hydrogens (primary N) is 1. The summed E-state index contributed by atoms with van der Waals surface area (Å²) in [6, 6.07) is 4.76. The van der Waals surface area contributed by atoms with Gasteiger partial charge in [0.25, 0.3) is 0 Å². The molecule has 13 heavy (non-hydrogen) atoms. The molecule has 3 N–H and O–H groups in total. The molecule has 0 aliphatic heterocycles. The summed E-state index contributed by atoms with van der Waals surface area (Å²) in [5.74, 6) is -0.369. The van der Waals surface area contributed by atoms with Crippen molar-refractivity contribution in [2.75, 3.05) is 19.3 Å². The largest absolute Gasteiger partial charge is 0.396 e. The van der Waals surface area contributed by atoms with Crippen molar-refractivity contribution in [3.63, 3.8) is 0 Å². The van der Waals surface area contributed by atoms with Gasteiger partial charge in [-0.15, -0.1) is 0 Å². The molecule has 0 radical (unpaired) electrons. The molecule has 0 spiro atoms. The molecule has 0 bridgehead atoms. The van der Waals surface area contributed by atoms with Crippen molar-refractivity contribution in [3.8, 4) is 0 Å². The summed E-state index contributed by atoms with van der Waals surface area (Å²) in [7, 11) is 1.86. The van der Waals surface area contributed by atoms with Gasteiger partial charge in [-0.25, -0.2) is 4.39 Å². The van der Waals surface area contributed by atoms with E-state index in [1.807, 2.05) is 19.2 Å². The third kappa shape index (κ3) is 2.87. The van der Waals surface area contributed by atoms with Gasteiger partial charge in [0.2, 0.25) is 0 Å². The second kappa shape index (κ2) is 4.62. The van der Waals surface area contributed by atoms with Gasteiger partial charge in [0.15, 0.2) is 0 Å². The summed E-state index contributed by atoms with van der Waals surface area (Å²) < 4.78 is 12.9. The Morgan fingerprint density at radius 1 is 1.54 bits per heavy atom. The van der Waals surface area contributed by atoms with Crippen molar-refractivity contribution in [2.45, 2.75) is 0 Å². The number of hydrogen-bond donors (Lipinski definition) is 2. The average Bonchev–Trinajstić information content (AvgIpc) is 2.12. The van der Waals surface area contributed by atoms with E-state index < -0.39 is 0 Å². The van der Waals surface area contributed by atoms with Crippen LogP contribution in [0, 0.1) is 5.82 Å². The summed E-state index contributed by atoms with van der Waals surface area (Å²) in [5, 5.41) is 2.96. The zero-order valence-corrected chi connectivity index (χ0v) is 7.55. The molecular formula is C10H13FN2. The van der Waals surface area contributed by atoms with Crippen LogP contribution in [0.4, 0.5) is 10.1 Å². The molecule has 70 valence electrons. The second-order valence-electron chi connectivity index (χ2n) is 2.74. The van der Waals surface area contributed by atoms with Gasteiger partial charge in [0.05, 0.1) is 5.69 Å². The van der Waals surface area contributed by atoms with Crippen molar-refractivity contribution >= 4 is 11.8 Å². The Morgan fingerprint density at radius 2 is 2.31 bits per heavy atom. The molecule has 2 nitrogen and oxygen atoms in total. The maximum Gasteiger partial charge on any atom is 0.146 e. The molecule has 0 saturated carbocycles. The Morgan fingerprint density at radius 3 is 2.92 bits per heavy atom. The minimum Gasteiger partial charge on any atom is -0.396 e. The van der Waals surface area contributed by atoms with E-state index in [0.717, 1.165) is 12.1 Å². The predicted octanol–water partition coefficient (Wildman–Crippen LogP) is 1.64. The fourth-order valence-electron chi connectivity index (χ4n) is 0.960. The predicted molar refractivity (Wildman–Crippen MR) is 53.8 cm³/mol. The molecular weight excluding hydrogens is 167 g/mol. The quantitative estimate of drug-likeness (QED) is 0.694. The molecule has 0 amide bonds. The van der Waals surface area contributed by atoms with Crippen LogP contribution in [0.15, 0.2) is 24.3 Å². The van der Waals surface area contributed by atoms with Crippen LogP contribution in [0.5, 0.6) is 0 Å². The molecule has 0 fully saturated rings. The van der Waals surface area contributed by atoms with Crippen LogP contribution < -0.4 is 11.1 Å². The Labute approximate surface area is 77.3 Å². The van der Waals surface area contributed by atoms with Crippen molar-refractivity contribution in [1.29, 1.82) is 0 Å². The van der Waals surface area contributed by atoms with Crippen molar-refractivity contribution in [2.24, 2.45) is 0 Å². The smallest absolute Gasteiger partial charge is 0.146 e. The van der Waals surface area contributed by atoms with Crippen molar-refractivity contribution in [1.82, 2.24) is 5.32 Å². The molecule has 0 aliphatic rings. The van der Waals surface area contributed by atoms with Gasteiger partial charge in [-0.3, -0.25) is 0 Å². The first-order valence-corrected chi connectivity index (χ1v) is 4.10. The number of anilines is 1. The average molecular weight is 180 g/mol. The molecule has 1 aromatic rings. The van der Waals surface area contributed by atoms with Gasteiger partial charge in [0.1, 0.15) is 5.82 Å². The monoisotopic (exact) mass is 180 g/mol. The van der Waals surface area contributed by atoms with Crippen LogP contribution in [0.25, 0.3) is 6.08 Å². The summed E-state index contributed by atoms with van der Waals surface area (Å²) in [6.07, 6.45) is 3.77. The third-order valence-electron chi connectivity index (χ3n) is 1.66. The highest BCUT2D eigenvalue weighted by Gasteiger charge is 1.96. The highest BCUT2D eigenvalue weighted by molar-refractivity contribution is 5.54. The van der Waals surface area contributed by atoms with E-state index in [4.69, 9.17) is 5.73 Å². The van der Waals surface area contributed by atoms with Crippen LogP contribution in [-0.2, 0) is 0 Å². The minimum absolute atomic E-state index is 0.186. The number of nitrogens with one attached hydrogen (secondary N) is 1. The summed E-state index contributed by atoms with van der Waals surface area (Å²) in [5.41, 5.74) is 6.34. The van der Waals surface area contributed by atoms with Crippen LogP contribution in [0.3, 0.4) is 0 Å². The lowest BCUT2D eigenvalue weighted by atomic mass is 10.2. The van der Waals surface area contributed by atoms with Gasteiger partial charge in [0, 0.05) is 6.54 Å². The molecule has 0 aromatic heterocycles. The number of benzene rings is 1. The maximum absolute atomic E-state index is 12.9. The molecule has 1 aromatic carbocycles. The number of likely N-dealkylation sites (N-methyl/N-ethyl adjacent to an activating group) is 1. The molecule has 0 saturated heterocycles. The first-order valence-electron chi connectivity index (χ1n) is 4.10. The van der Waals surface area contributed by atoms with Gasteiger partial charge < -0.3 is 11.1 Å².